The molecule has 1 aliphatic rings. The van der Waals surface area contributed by atoms with Crippen molar-refractivity contribution in [2.45, 2.75) is 44.9 Å². The Balaban J connectivity index is 1.94. The van der Waals surface area contributed by atoms with Crippen molar-refractivity contribution >= 4 is 24.5 Å². The second-order valence-corrected chi connectivity index (χ2v) is 8.95. The van der Waals surface area contributed by atoms with Crippen molar-refractivity contribution in [1.82, 2.24) is 0 Å². The Kier molecular flexibility index (Phi) is 5.68. The molecule has 1 fully saturated rings. The van der Waals surface area contributed by atoms with E-state index in [9.17, 15) is 4.79 Å². The highest BCUT2D eigenvalue weighted by Crippen LogP contribution is 2.51. The molecule has 0 amide bonds. The van der Waals surface area contributed by atoms with Gasteiger partial charge in [-0.25, -0.2) is 0 Å². The summed E-state index contributed by atoms with van der Waals surface area (Å²) in [6.45, 7) is 3.57. The Morgan fingerprint density at radius 2 is 1.54 bits per heavy atom. The van der Waals surface area contributed by atoms with Gasteiger partial charge in [-0.15, -0.1) is 0 Å². The van der Waals surface area contributed by atoms with Crippen molar-refractivity contribution in [2.75, 3.05) is 0 Å². The molecule has 3 rings (SSSR count). The SMILES string of the molecule is CC(=O)O[C@@H](C)[C@@H]1CCCC1P(c1ccccc1)c1ccccc1. The van der Waals surface area contributed by atoms with Gasteiger partial charge in [-0.3, -0.25) is 4.79 Å². The maximum Gasteiger partial charge on any atom is 0.302 e. The molecule has 0 aliphatic heterocycles. The fourth-order valence-corrected chi connectivity index (χ4v) is 7.16. The summed E-state index contributed by atoms with van der Waals surface area (Å²) in [5, 5.41) is 2.84. The third-order valence-electron chi connectivity index (χ3n) is 4.89. The van der Waals surface area contributed by atoms with Crippen LogP contribution in [-0.4, -0.2) is 17.7 Å². The third-order valence-corrected chi connectivity index (χ3v) is 7.90. The van der Waals surface area contributed by atoms with Crippen LogP contribution in [0.3, 0.4) is 0 Å². The molecule has 0 heterocycles. The second kappa shape index (κ2) is 7.94. The molecule has 0 saturated heterocycles. The maximum atomic E-state index is 11.4. The van der Waals surface area contributed by atoms with Gasteiger partial charge in [0.25, 0.3) is 0 Å². The number of esters is 1. The molecule has 2 nitrogen and oxygen atoms in total. The molecule has 0 radical (unpaired) electrons. The molecule has 1 unspecified atom stereocenters. The predicted octanol–water partition coefficient (Wildman–Crippen LogP) is 4.24. The zero-order valence-electron chi connectivity index (χ0n) is 14.4. The van der Waals surface area contributed by atoms with Crippen LogP contribution >= 0.6 is 7.92 Å². The molecule has 0 aromatic heterocycles. The van der Waals surface area contributed by atoms with Crippen LogP contribution in [0.15, 0.2) is 60.7 Å². The van der Waals surface area contributed by atoms with Crippen molar-refractivity contribution in [3.63, 3.8) is 0 Å². The van der Waals surface area contributed by atoms with Gasteiger partial charge < -0.3 is 4.74 Å². The number of carbonyl (C=O) groups excluding carboxylic acids is 1. The van der Waals surface area contributed by atoms with E-state index in [1.54, 1.807) is 0 Å². The van der Waals surface area contributed by atoms with Crippen molar-refractivity contribution in [2.24, 2.45) is 5.92 Å². The van der Waals surface area contributed by atoms with Crippen LogP contribution in [0, 0.1) is 5.92 Å². The van der Waals surface area contributed by atoms with Crippen LogP contribution in [0.5, 0.6) is 0 Å². The van der Waals surface area contributed by atoms with Crippen LogP contribution in [0.25, 0.3) is 0 Å². The average Bonchev–Trinajstić information content (AvgIpc) is 3.06. The first-order valence-electron chi connectivity index (χ1n) is 8.73. The fraction of sp³-hybridized carbons (Fsp3) is 0.381. The zero-order chi connectivity index (χ0) is 16.9. The van der Waals surface area contributed by atoms with Gasteiger partial charge in [-0.05, 0) is 44.0 Å². The Morgan fingerprint density at radius 1 is 1.00 bits per heavy atom. The van der Waals surface area contributed by atoms with Crippen LogP contribution in [-0.2, 0) is 9.53 Å². The first kappa shape index (κ1) is 17.2. The highest BCUT2D eigenvalue weighted by molar-refractivity contribution is 7.73. The molecule has 0 bridgehead atoms. The van der Waals surface area contributed by atoms with Crippen molar-refractivity contribution in [1.29, 1.82) is 0 Å². The Labute approximate surface area is 146 Å². The highest BCUT2D eigenvalue weighted by Gasteiger charge is 2.39. The topological polar surface area (TPSA) is 26.3 Å². The minimum absolute atomic E-state index is 0.00701. The van der Waals surface area contributed by atoms with E-state index in [-0.39, 0.29) is 12.1 Å². The molecule has 3 atom stereocenters. The van der Waals surface area contributed by atoms with Crippen molar-refractivity contribution in [3.8, 4) is 0 Å². The minimum Gasteiger partial charge on any atom is -0.463 e. The monoisotopic (exact) mass is 340 g/mol. The van der Waals surface area contributed by atoms with Crippen molar-refractivity contribution < 1.29 is 9.53 Å². The van der Waals surface area contributed by atoms with Gasteiger partial charge in [0.2, 0.25) is 0 Å². The molecule has 126 valence electrons. The molecule has 2 aromatic rings. The summed E-state index contributed by atoms with van der Waals surface area (Å²) in [7, 11) is -0.440. The Bertz CT molecular complexity index is 617. The Hall–Kier alpha value is -1.66. The quantitative estimate of drug-likeness (QED) is 0.601. The molecular weight excluding hydrogens is 315 g/mol. The van der Waals surface area contributed by atoms with E-state index in [4.69, 9.17) is 4.74 Å². The standard InChI is InChI=1S/C21H25O2P/c1-16(23-17(2)22)20-14-9-15-21(20)24(18-10-5-3-6-11-18)19-12-7-4-8-13-19/h3-8,10-13,16,20-21H,9,14-15H2,1-2H3/t16-,20-,21?/m0/s1. The molecular formula is C21H25O2P. The molecule has 3 heteroatoms. The van der Waals surface area contributed by atoms with E-state index < -0.39 is 7.92 Å². The lowest BCUT2D eigenvalue weighted by atomic mass is 10.0. The maximum absolute atomic E-state index is 11.4. The first-order chi connectivity index (χ1) is 11.7. The smallest absolute Gasteiger partial charge is 0.302 e. The van der Waals surface area contributed by atoms with E-state index in [2.05, 4.69) is 67.6 Å². The third kappa shape index (κ3) is 3.87. The molecule has 24 heavy (non-hydrogen) atoms. The van der Waals surface area contributed by atoms with Crippen LogP contribution in [0.2, 0.25) is 0 Å². The number of hydrogen-bond acceptors (Lipinski definition) is 2. The van der Waals surface area contributed by atoms with Crippen LogP contribution in [0.4, 0.5) is 0 Å². The lowest BCUT2D eigenvalue weighted by Gasteiger charge is -2.33. The largest absolute Gasteiger partial charge is 0.463 e. The summed E-state index contributed by atoms with van der Waals surface area (Å²) in [5.41, 5.74) is 0.569. The normalized spacial score (nSPS) is 21.6. The van der Waals surface area contributed by atoms with E-state index in [0.29, 0.717) is 11.6 Å². The van der Waals surface area contributed by atoms with E-state index in [1.165, 1.54) is 30.4 Å². The average molecular weight is 340 g/mol. The number of carbonyl (C=O) groups is 1. The lowest BCUT2D eigenvalue weighted by molar-refractivity contribution is -0.147. The van der Waals surface area contributed by atoms with Crippen molar-refractivity contribution in [3.05, 3.63) is 60.7 Å². The van der Waals surface area contributed by atoms with E-state index in [0.717, 1.165) is 6.42 Å². The van der Waals surface area contributed by atoms with Gasteiger partial charge in [-0.1, -0.05) is 67.1 Å². The van der Waals surface area contributed by atoms with Gasteiger partial charge in [0.15, 0.2) is 0 Å². The van der Waals surface area contributed by atoms with Gasteiger partial charge in [-0.2, -0.15) is 0 Å². The minimum atomic E-state index is -0.440. The summed E-state index contributed by atoms with van der Waals surface area (Å²) >= 11 is 0. The van der Waals surface area contributed by atoms with Gasteiger partial charge in [0.1, 0.15) is 6.10 Å². The number of ether oxygens (including phenoxy) is 1. The zero-order valence-corrected chi connectivity index (χ0v) is 15.3. The molecule has 1 aliphatic carbocycles. The van der Waals surface area contributed by atoms with Crippen LogP contribution < -0.4 is 10.6 Å². The Morgan fingerprint density at radius 3 is 2.04 bits per heavy atom. The lowest BCUT2D eigenvalue weighted by Crippen LogP contribution is -2.32. The van der Waals surface area contributed by atoms with Gasteiger partial charge in [0.05, 0.1) is 0 Å². The van der Waals surface area contributed by atoms with Crippen LogP contribution in [0.1, 0.15) is 33.1 Å². The number of rotatable bonds is 5. The molecule has 0 N–H and O–H groups in total. The summed E-state index contributed by atoms with van der Waals surface area (Å²) < 4.78 is 5.56. The van der Waals surface area contributed by atoms with Gasteiger partial charge in [0, 0.05) is 12.8 Å². The molecule has 2 aromatic carbocycles. The summed E-state index contributed by atoms with van der Waals surface area (Å²) in [4.78, 5) is 11.4. The fourth-order valence-electron chi connectivity index (χ4n) is 3.90. The second-order valence-electron chi connectivity index (χ2n) is 6.52. The van der Waals surface area contributed by atoms with Gasteiger partial charge >= 0.3 is 5.97 Å². The van der Waals surface area contributed by atoms with E-state index >= 15 is 0 Å². The predicted molar refractivity (Wildman–Crippen MR) is 101 cm³/mol. The summed E-state index contributed by atoms with van der Waals surface area (Å²) in [5.74, 6) is 0.275. The highest BCUT2D eigenvalue weighted by atomic mass is 31.1. The summed E-state index contributed by atoms with van der Waals surface area (Å²) in [6.07, 6.45) is 3.58. The molecule has 0 spiro atoms. The summed E-state index contributed by atoms with van der Waals surface area (Å²) in [6, 6.07) is 21.7. The first-order valence-corrected chi connectivity index (χ1v) is 10.1. The number of benzene rings is 2. The number of hydrogen-bond donors (Lipinski definition) is 0. The molecule has 1 saturated carbocycles. The van der Waals surface area contributed by atoms with E-state index in [1.807, 2.05) is 0 Å².